The van der Waals surface area contributed by atoms with Gasteiger partial charge in [0.2, 0.25) is 0 Å². The summed E-state index contributed by atoms with van der Waals surface area (Å²) in [7, 11) is 3.94. The molecule has 100 valence electrons. The van der Waals surface area contributed by atoms with Gasteiger partial charge in [-0.25, -0.2) is 0 Å². The van der Waals surface area contributed by atoms with Crippen molar-refractivity contribution >= 4 is 5.97 Å². The molecule has 0 spiro atoms. The van der Waals surface area contributed by atoms with Crippen molar-refractivity contribution in [2.75, 3.05) is 20.6 Å². The first-order valence-corrected chi connectivity index (χ1v) is 6.36. The molecule has 0 radical (unpaired) electrons. The Labute approximate surface area is 109 Å². The van der Waals surface area contributed by atoms with Crippen LogP contribution in [0.4, 0.5) is 0 Å². The molecule has 0 aliphatic rings. The lowest BCUT2D eigenvalue weighted by molar-refractivity contribution is -0.137. The number of aliphatic carboxylic acids is 1. The Kier molecular flexibility index (Phi) is 5.35. The highest BCUT2D eigenvalue weighted by Gasteiger charge is 2.16. The van der Waals surface area contributed by atoms with Gasteiger partial charge in [0, 0.05) is 12.5 Å². The van der Waals surface area contributed by atoms with E-state index in [0.717, 1.165) is 12.1 Å². The van der Waals surface area contributed by atoms with Crippen molar-refractivity contribution < 1.29 is 9.90 Å². The topological polar surface area (TPSA) is 40.5 Å². The van der Waals surface area contributed by atoms with Crippen LogP contribution in [0.15, 0.2) is 24.3 Å². The zero-order valence-corrected chi connectivity index (χ0v) is 11.7. The van der Waals surface area contributed by atoms with E-state index < -0.39 is 5.97 Å². The fourth-order valence-corrected chi connectivity index (χ4v) is 2.09. The van der Waals surface area contributed by atoms with E-state index in [9.17, 15) is 4.79 Å². The van der Waals surface area contributed by atoms with Crippen molar-refractivity contribution in [1.29, 1.82) is 0 Å². The van der Waals surface area contributed by atoms with Crippen LogP contribution in [0, 0.1) is 0 Å². The molecule has 1 rings (SSSR count). The number of hydrogen-bond donors (Lipinski definition) is 1. The molecule has 0 amide bonds. The Morgan fingerprint density at radius 1 is 1.17 bits per heavy atom. The van der Waals surface area contributed by atoms with Crippen molar-refractivity contribution in [1.82, 2.24) is 4.90 Å². The molecule has 0 aliphatic carbocycles. The van der Waals surface area contributed by atoms with Gasteiger partial charge in [-0.05, 0) is 31.1 Å². The smallest absolute Gasteiger partial charge is 0.304 e. The highest BCUT2D eigenvalue weighted by atomic mass is 16.4. The zero-order valence-electron chi connectivity index (χ0n) is 11.7. The third-order valence-corrected chi connectivity index (χ3v) is 3.08. The Balaban J connectivity index is 2.87. The number of benzene rings is 1. The van der Waals surface area contributed by atoms with Crippen LogP contribution in [0.3, 0.4) is 0 Å². The quantitative estimate of drug-likeness (QED) is 0.842. The second kappa shape index (κ2) is 6.55. The van der Waals surface area contributed by atoms with Gasteiger partial charge in [-0.3, -0.25) is 4.79 Å². The molecule has 1 aromatic carbocycles. The zero-order chi connectivity index (χ0) is 13.7. The Morgan fingerprint density at radius 3 is 2.06 bits per heavy atom. The first kappa shape index (κ1) is 14.7. The number of carbonyl (C=O) groups is 1. The SMILES string of the molecule is CC(C)c1ccc(C(CC(=O)O)CN(C)C)cc1. The summed E-state index contributed by atoms with van der Waals surface area (Å²) in [5.41, 5.74) is 2.40. The predicted octanol–water partition coefficient (Wildman–Crippen LogP) is 2.93. The molecule has 1 unspecified atom stereocenters. The fraction of sp³-hybridized carbons (Fsp3) is 0.533. The van der Waals surface area contributed by atoms with E-state index in [4.69, 9.17) is 5.11 Å². The molecule has 0 bridgehead atoms. The Morgan fingerprint density at radius 2 is 1.67 bits per heavy atom. The largest absolute Gasteiger partial charge is 0.481 e. The van der Waals surface area contributed by atoms with E-state index in [1.807, 2.05) is 19.0 Å². The average Bonchev–Trinajstić information content (AvgIpc) is 2.27. The summed E-state index contributed by atoms with van der Waals surface area (Å²) in [4.78, 5) is 13.0. The summed E-state index contributed by atoms with van der Waals surface area (Å²) in [6, 6.07) is 8.33. The molecule has 3 heteroatoms. The molecule has 18 heavy (non-hydrogen) atoms. The van der Waals surface area contributed by atoms with E-state index >= 15 is 0 Å². The van der Waals surface area contributed by atoms with Crippen molar-refractivity contribution in [3.8, 4) is 0 Å². The third-order valence-electron chi connectivity index (χ3n) is 3.08. The maximum absolute atomic E-state index is 10.9. The molecule has 1 atom stereocenters. The first-order valence-electron chi connectivity index (χ1n) is 6.36. The molecule has 0 saturated heterocycles. The number of nitrogens with zero attached hydrogens (tertiary/aromatic N) is 1. The number of rotatable bonds is 6. The van der Waals surface area contributed by atoms with Gasteiger partial charge in [0.05, 0.1) is 6.42 Å². The van der Waals surface area contributed by atoms with Gasteiger partial charge >= 0.3 is 5.97 Å². The van der Waals surface area contributed by atoms with Gasteiger partial charge in [-0.15, -0.1) is 0 Å². The van der Waals surface area contributed by atoms with Crippen LogP contribution in [0.5, 0.6) is 0 Å². The first-order chi connectivity index (χ1) is 8.40. The van der Waals surface area contributed by atoms with Gasteiger partial charge in [0.1, 0.15) is 0 Å². The summed E-state index contributed by atoms with van der Waals surface area (Å²) in [6.07, 6.45) is 0.180. The van der Waals surface area contributed by atoms with Crippen LogP contribution in [0.2, 0.25) is 0 Å². The normalized spacial score (nSPS) is 13.0. The molecular formula is C15H23NO2. The summed E-state index contributed by atoms with van der Waals surface area (Å²) in [5, 5.41) is 8.98. The van der Waals surface area contributed by atoms with Gasteiger partial charge in [-0.2, -0.15) is 0 Å². The summed E-state index contributed by atoms with van der Waals surface area (Å²) in [6.45, 7) is 5.07. The molecular weight excluding hydrogens is 226 g/mol. The molecule has 0 fully saturated rings. The van der Waals surface area contributed by atoms with Crippen LogP contribution in [0.25, 0.3) is 0 Å². The van der Waals surface area contributed by atoms with Crippen LogP contribution in [0.1, 0.15) is 43.2 Å². The molecule has 1 aromatic rings. The maximum atomic E-state index is 10.9. The molecule has 0 aromatic heterocycles. The van der Waals surface area contributed by atoms with E-state index in [1.165, 1.54) is 5.56 Å². The lowest BCUT2D eigenvalue weighted by atomic mass is 9.92. The minimum absolute atomic E-state index is 0.0544. The van der Waals surface area contributed by atoms with Crippen LogP contribution in [-0.2, 0) is 4.79 Å². The van der Waals surface area contributed by atoms with Gasteiger partial charge in [0.15, 0.2) is 0 Å². The second-order valence-electron chi connectivity index (χ2n) is 5.38. The maximum Gasteiger partial charge on any atom is 0.304 e. The van der Waals surface area contributed by atoms with Crippen molar-refractivity contribution in [3.63, 3.8) is 0 Å². The van der Waals surface area contributed by atoms with Crippen LogP contribution >= 0.6 is 0 Å². The number of carboxylic acid groups (broad SMARTS) is 1. The van der Waals surface area contributed by atoms with Crippen molar-refractivity contribution in [3.05, 3.63) is 35.4 Å². The number of hydrogen-bond acceptors (Lipinski definition) is 2. The lowest BCUT2D eigenvalue weighted by Crippen LogP contribution is -2.22. The van der Waals surface area contributed by atoms with Gasteiger partial charge < -0.3 is 10.0 Å². The van der Waals surface area contributed by atoms with E-state index in [-0.39, 0.29) is 12.3 Å². The van der Waals surface area contributed by atoms with E-state index in [1.54, 1.807) is 0 Å². The minimum Gasteiger partial charge on any atom is -0.481 e. The molecule has 0 aliphatic heterocycles. The number of carboxylic acids is 1. The van der Waals surface area contributed by atoms with Crippen LogP contribution in [-0.4, -0.2) is 36.6 Å². The van der Waals surface area contributed by atoms with E-state index in [0.29, 0.717) is 5.92 Å². The van der Waals surface area contributed by atoms with Crippen LogP contribution < -0.4 is 0 Å². The third kappa shape index (κ3) is 4.49. The second-order valence-corrected chi connectivity index (χ2v) is 5.38. The fourth-order valence-electron chi connectivity index (χ4n) is 2.09. The summed E-state index contributed by atoms with van der Waals surface area (Å²) < 4.78 is 0. The monoisotopic (exact) mass is 249 g/mol. The van der Waals surface area contributed by atoms with Crippen molar-refractivity contribution in [2.45, 2.75) is 32.1 Å². The number of likely N-dealkylation sites (N-methyl/N-ethyl adjacent to an activating group) is 1. The molecule has 0 saturated carbocycles. The lowest BCUT2D eigenvalue weighted by Gasteiger charge is -2.20. The highest BCUT2D eigenvalue weighted by molar-refractivity contribution is 5.68. The molecule has 1 N–H and O–H groups in total. The standard InChI is InChI=1S/C15H23NO2/c1-11(2)12-5-7-13(8-6-12)14(9-15(17)18)10-16(3)4/h5-8,11,14H,9-10H2,1-4H3,(H,17,18). The summed E-state index contributed by atoms with van der Waals surface area (Å²) >= 11 is 0. The van der Waals surface area contributed by atoms with Gasteiger partial charge in [-0.1, -0.05) is 38.1 Å². The Bertz CT molecular complexity index is 382. The molecule has 0 heterocycles. The average molecular weight is 249 g/mol. The predicted molar refractivity (Wildman–Crippen MR) is 74.1 cm³/mol. The molecule has 3 nitrogen and oxygen atoms in total. The Hall–Kier alpha value is -1.35. The van der Waals surface area contributed by atoms with Gasteiger partial charge in [0.25, 0.3) is 0 Å². The van der Waals surface area contributed by atoms with Crippen molar-refractivity contribution in [2.24, 2.45) is 0 Å². The highest BCUT2D eigenvalue weighted by Crippen LogP contribution is 2.23. The van der Waals surface area contributed by atoms with E-state index in [2.05, 4.69) is 38.1 Å². The minimum atomic E-state index is -0.741. The summed E-state index contributed by atoms with van der Waals surface area (Å²) in [5.74, 6) is -0.181.